The number of benzene rings is 1. The number of ether oxygens (including phenoxy) is 1. The van der Waals surface area contributed by atoms with Crippen LogP contribution in [0.4, 0.5) is 4.39 Å². The normalized spacial score (nSPS) is 12.5. The van der Waals surface area contributed by atoms with Crippen molar-refractivity contribution in [3.63, 3.8) is 0 Å². The van der Waals surface area contributed by atoms with Gasteiger partial charge in [-0.2, -0.15) is 4.98 Å². The van der Waals surface area contributed by atoms with Crippen LogP contribution in [0.3, 0.4) is 0 Å². The molecule has 0 radical (unpaired) electrons. The molecule has 0 aliphatic heterocycles. The Hall–Kier alpha value is -3.30. The van der Waals surface area contributed by atoms with E-state index < -0.39 is 0 Å². The second kappa shape index (κ2) is 9.95. The highest BCUT2D eigenvalue weighted by Crippen LogP contribution is 2.31. The number of imidazole rings is 1. The van der Waals surface area contributed by atoms with Crippen LogP contribution in [0.5, 0.6) is 0 Å². The van der Waals surface area contributed by atoms with Crippen LogP contribution >= 0.6 is 0 Å². The molecule has 158 valence electrons. The number of hydrogen-bond acceptors (Lipinski definition) is 6. The minimum Gasteiger partial charge on any atom is -0.432 e. The van der Waals surface area contributed by atoms with Crippen molar-refractivity contribution in [3.05, 3.63) is 54.3 Å². The first kappa shape index (κ1) is 21.4. The number of oxazole rings is 1. The van der Waals surface area contributed by atoms with Gasteiger partial charge in [0.2, 0.25) is 0 Å². The van der Waals surface area contributed by atoms with E-state index in [1.807, 2.05) is 6.92 Å². The van der Waals surface area contributed by atoms with Gasteiger partial charge < -0.3 is 14.6 Å². The number of rotatable bonds is 9. The molecule has 2 heterocycles. The smallest absolute Gasteiger partial charge is 0.306 e. The molecule has 0 bridgehead atoms. The van der Waals surface area contributed by atoms with Crippen molar-refractivity contribution in [2.75, 3.05) is 19.8 Å². The zero-order valence-electron chi connectivity index (χ0n) is 17.0. The summed E-state index contributed by atoms with van der Waals surface area (Å²) in [5.41, 5.74) is 2.38. The molecule has 3 rings (SSSR count). The molecule has 30 heavy (non-hydrogen) atoms. The second-order valence-electron chi connectivity index (χ2n) is 6.49. The fourth-order valence-electron chi connectivity index (χ4n) is 2.97. The lowest BCUT2D eigenvalue weighted by Crippen LogP contribution is -2.37. The molecule has 2 aromatic heterocycles. The summed E-state index contributed by atoms with van der Waals surface area (Å²) in [7, 11) is 0. The quantitative estimate of drug-likeness (QED) is 0.183. The number of aromatic nitrogens is 2. The number of nitrogens with zero attached hydrogens (tertiary/aromatic N) is 4. The molecule has 3 aromatic rings. The van der Waals surface area contributed by atoms with Crippen molar-refractivity contribution < 1.29 is 13.5 Å². The van der Waals surface area contributed by atoms with Crippen LogP contribution < -0.4 is 5.84 Å². The summed E-state index contributed by atoms with van der Waals surface area (Å²) in [6.45, 7) is 5.60. The SMILES string of the molecule is CCOCCCN(N)/C(C)=N/C(=C\C=N)c1c(-c2ccc(F)cc2)nc2occn12. The Labute approximate surface area is 174 Å². The number of halogens is 1. The lowest BCUT2D eigenvalue weighted by atomic mass is 10.1. The maximum atomic E-state index is 13.4. The van der Waals surface area contributed by atoms with Gasteiger partial charge in [0.1, 0.15) is 29.3 Å². The summed E-state index contributed by atoms with van der Waals surface area (Å²) >= 11 is 0. The van der Waals surface area contributed by atoms with Crippen LogP contribution in [0.1, 0.15) is 26.0 Å². The molecule has 1 aromatic carbocycles. The molecule has 9 heteroatoms. The first-order valence-electron chi connectivity index (χ1n) is 9.63. The summed E-state index contributed by atoms with van der Waals surface area (Å²) in [5, 5.41) is 9.13. The van der Waals surface area contributed by atoms with Crippen LogP contribution in [0.25, 0.3) is 22.8 Å². The maximum Gasteiger partial charge on any atom is 0.306 e. The van der Waals surface area contributed by atoms with Crippen LogP contribution in [-0.2, 0) is 4.74 Å². The highest BCUT2D eigenvalue weighted by molar-refractivity contribution is 5.93. The van der Waals surface area contributed by atoms with Crippen molar-refractivity contribution in [2.24, 2.45) is 10.8 Å². The van der Waals surface area contributed by atoms with Crippen LogP contribution in [-0.4, -0.2) is 46.2 Å². The molecule has 0 fully saturated rings. The number of hydrogen-bond donors (Lipinski definition) is 2. The van der Waals surface area contributed by atoms with E-state index >= 15 is 0 Å². The Morgan fingerprint density at radius 1 is 1.40 bits per heavy atom. The third-order valence-corrected chi connectivity index (χ3v) is 4.45. The minimum atomic E-state index is -0.335. The third kappa shape index (κ3) is 4.81. The van der Waals surface area contributed by atoms with E-state index in [1.54, 1.807) is 40.7 Å². The van der Waals surface area contributed by atoms with Gasteiger partial charge in [-0.05, 0) is 50.6 Å². The van der Waals surface area contributed by atoms with Gasteiger partial charge in [0.05, 0.1) is 5.70 Å². The lowest BCUT2D eigenvalue weighted by molar-refractivity contribution is 0.139. The van der Waals surface area contributed by atoms with Crippen LogP contribution in [0.2, 0.25) is 0 Å². The minimum absolute atomic E-state index is 0.335. The maximum absolute atomic E-state index is 13.4. The largest absolute Gasteiger partial charge is 0.432 e. The number of hydrazine groups is 1. The Morgan fingerprint density at radius 2 is 2.17 bits per heavy atom. The molecular formula is C21H25FN6O2. The summed E-state index contributed by atoms with van der Waals surface area (Å²) in [6, 6.07) is 6.02. The zero-order valence-corrected chi connectivity index (χ0v) is 17.0. The van der Waals surface area contributed by atoms with E-state index in [9.17, 15) is 4.39 Å². The van der Waals surface area contributed by atoms with Crippen molar-refractivity contribution in [1.82, 2.24) is 14.4 Å². The zero-order chi connectivity index (χ0) is 21.5. The molecular weight excluding hydrogens is 387 g/mol. The number of nitrogens with two attached hydrogens (primary N) is 1. The van der Waals surface area contributed by atoms with Gasteiger partial charge >= 0.3 is 5.84 Å². The summed E-state index contributed by atoms with van der Waals surface area (Å²) in [5.74, 6) is 6.74. The standard InChI is InChI=1S/C21H25FN6O2/c1-3-29-13-4-11-28(24)15(2)25-18(9-10-23)20-19(16-5-7-17(22)8-6-16)26-21-27(20)12-14-30-21/h5-10,12,14,23H,3-4,11,13,24H2,1-2H3/b18-9-,23-10?,25-15+. The molecule has 8 nitrogen and oxygen atoms in total. The number of allylic oxidation sites excluding steroid dienone is 1. The van der Waals surface area contributed by atoms with Gasteiger partial charge in [-0.15, -0.1) is 0 Å². The van der Waals surface area contributed by atoms with Gasteiger partial charge in [-0.25, -0.2) is 15.2 Å². The topological polar surface area (TPSA) is 105 Å². The molecule has 0 aliphatic carbocycles. The van der Waals surface area contributed by atoms with Gasteiger partial charge in [-0.1, -0.05) is 0 Å². The Balaban J connectivity index is 1.99. The van der Waals surface area contributed by atoms with Gasteiger partial charge in [0.25, 0.3) is 0 Å². The predicted octanol–water partition coefficient (Wildman–Crippen LogP) is 3.74. The predicted molar refractivity (Wildman–Crippen MR) is 115 cm³/mol. The van der Waals surface area contributed by atoms with Gasteiger partial charge in [0, 0.05) is 37.7 Å². The lowest BCUT2D eigenvalue weighted by Gasteiger charge is -2.18. The van der Waals surface area contributed by atoms with E-state index in [4.69, 9.17) is 20.4 Å². The monoisotopic (exact) mass is 412 g/mol. The number of fused-ring (bicyclic) bond motifs is 1. The summed E-state index contributed by atoms with van der Waals surface area (Å²) in [4.78, 5) is 9.18. The average Bonchev–Trinajstić information content (AvgIpc) is 3.32. The van der Waals surface area contributed by atoms with Crippen molar-refractivity contribution in [2.45, 2.75) is 20.3 Å². The van der Waals surface area contributed by atoms with Crippen molar-refractivity contribution in [1.29, 1.82) is 5.41 Å². The number of nitrogens with one attached hydrogen (secondary N) is 1. The first-order valence-corrected chi connectivity index (χ1v) is 9.63. The Bertz CT molecular complexity index is 1050. The number of aliphatic imine (C=N–C) groups is 1. The molecule has 0 amide bonds. The fraction of sp³-hybridized carbons (Fsp3) is 0.286. The van der Waals surface area contributed by atoms with Crippen LogP contribution in [0, 0.1) is 11.2 Å². The summed E-state index contributed by atoms with van der Waals surface area (Å²) < 4.78 is 25.9. The molecule has 0 atom stereocenters. The third-order valence-electron chi connectivity index (χ3n) is 4.45. The van der Waals surface area contributed by atoms with E-state index in [1.165, 1.54) is 18.4 Å². The average molecular weight is 412 g/mol. The first-order chi connectivity index (χ1) is 14.5. The molecule has 0 saturated heterocycles. The van der Waals surface area contributed by atoms with Gasteiger partial charge in [0.15, 0.2) is 0 Å². The molecule has 0 spiro atoms. The van der Waals surface area contributed by atoms with E-state index in [2.05, 4.69) is 9.98 Å². The highest BCUT2D eigenvalue weighted by Gasteiger charge is 2.20. The number of amidine groups is 1. The fourth-order valence-corrected chi connectivity index (χ4v) is 2.97. The molecule has 0 saturated carbocycles. The van der Waals surface area contributed by atoms with Crippen LogP contribution in [0.15, 0.2) is 52.2 Å². The molecule has 3 N–H and O–H groups in total. The van der Waals surface area contributed by atoms with E-state index in [0.717, 1.165) is 12.6 Å². The van der Waals surface area contributed by atoms with Crippen molar-refractivity contribution >= 4 is 23.6 Å². The Morgan fingerprint density at radius 3 is 2.87 bits per heavy atom. The molecule has 0 unspecified atom stereocenters. The van der Waals surface area contributed by atoms with Gasteiger partial charge in [-0.3, -0.25) is 9.41 Å². The van der Waals surface area contributed by atoms with E-state index in [-0.39, 0.29) is 5.82 Å². The molecule has 0 aliphatic rings. The van der Waals surface area contributed by atoms with E-state index in [0.29, 0.717) is 54.1 Å². The highest BCUT2D eigenvalue weighted by atomic mass is 19.1. The van der Waals surface area contributed by atoms with Crippen molar-refractivity contribution in [3.8, 4) is 11.3 Å². The summed E-state index contributed by atoms with van der Waals surface area (Å²) in [6.07, 6.45) is 6.70. The second-order valence-corrected chi connectivity index (χ2v) is 6.49. The Kier molecular flexibility index (Phi) is 7.10.